The smallest absolute Gasteiger partial charge is 0.321 e. The summed E-state index contributed by atoms with van der Waals surface area (Å²) in [6.45, 7) is 0.978. The highest BCUT2D eigenvalue weighted by Gasteiger charge is 2.28. The van der Waals surface area contributed by atoms with E-state index in [0.29, 0.717) is 6.07 Å². The molecule has 1 N–H and O–H groups in total. The first-order valence-corrected chi connectivity index (χ1v) is 6.73. The number of halogens is 1. The van der Waals surface area contributed by atoms with Crippen molar-refractivity contribution in [1.29, 1.82) is 0 Å². The Balaban J connectivity index is 3.13. The average Bonchev–Trinajstić information content (AvgIpc) is 2.26. The van der Waals surface area contributed by atoms with Crippen molar-refractivity contribution >= 4 is 21.5 Å². The van der Waals surface area contributed by atoms with Gasteiger partial charge in [0.25, 0.3) is 5.69 Å². The summed E-state index contributed by atoms with van der Waals surface area (Å²) in [6, 6.07) is 2.37. The second kappa shape index (κ2) is 5.31. The van der Waals surface area contributed by atoms with Gasteiger partial charge in [0.1, 0.15) is 5.82 Å². The van der Waals surface area contributed by atoms with E-state index in [0.717, 1.165) is 19.1 Å². The van der Waals surface area contributed by atoms with Crippen LogP contribution in [0.5, 0.6) is 0 Å². The van der Waals surface area contributed by atoms with Gasteiger partial charge in [-0.3, -0.25) is 14.9 Å². The summed E-state index contributed by atoms with van der Waals surface area (Å²) >= 11 is 0. The number of hydrogen-bond acceptors (Lipinski definition) is 5. The van der Waals surface area contributed by atoms with Crippen molar-refractivity contribution in [2.24, 2.45) is 0 Å². The van der Waals surface area contributed by atoms with Crippen LogP contribution in [0, 0.1) is 15.9 Å². The molecular weight excluding hydrogens is 281 g/mol. The second-order valence-corrected chi connectivity index (χ2v) is 6.18. The Morgan fingerprint density at radius 2 is 2.05 bits per heavy atom. The van der Waals surface area contributed by atoms with Crippen LogP contribution < -0.4 is 0 Å². The van der Waals surface area contributed by atoms with Gasteiger partial charge in [0.05, 0.1) is 16.7 Å². The third-order valence-electron chi connectivity index (χ3n) is 2.41. The molecule has 1 aromatic rings. The van der Waals surface area contributed by atoms with Crippen LogP contribution in [0.4, 0.5) is 10.1 Å². The Bertz CT molecular complexity index is 627. The highest BCUT2D eigenvalue weighted by atomic mass is 32.2. The average molecular weight is 291 g/mol. The lowest BCUT2D eigenvalue weighted by atomic mass is 10.2. The second-order valence-electron chi connectivity index (χ2n) is 3.86. The quantitative estimate of drug-likeness (QED) is 0.642. The standard InChI is InChI=1S/C10H10FNO6S/c1-6(10(13)14)19(17,18)5-7-2-8(11)4-9(3-7)12(15)16/h2-4,6H,5H2,1H3,(H,13,14). The number of nitro benzene ring substituents is 1. The van der Waals surface area contributed by atoms with E-state index in [-0.39, 0.29) is 5.56 Å². The molecule has 0 aliphatic carbocycles. The Labute approximate surface area is 107 Å². The fourth-order valence-corrected chi connectivity index (χ4v) is 2.52. The van der Waals surface area contributed by atoms with Crippen molar-refractivity contribution < 1.29 is 27.6 Å². The molecule has 0 amide bonds. The van der Waals surface area contributed by atoms with Crippen LogP contribution in [0.25, 0.3) is 0 Å². The molecule has 1 atom stereocenters. The highest BCUT2D eigenvalue weighted by molar-refractivity contribution is 7.91. The first-order chi connectivity index (χ1) is 8.63. The number of aliphatic carboxylic acids is 1. The summed E-state index contributed by atoms with van der Waals surface area (Å²) < 4.78 is 36.4. The molecule has 7 nitrogen and oxygen atoms in total. The van der Waals surface area contributed by atoms with Gasteiger partial charge in [-0.25, -0.2) is 12.8 Å². The molecule has 0 saturated heterocycles. The van der Waals surface area contributed by atoms with E-state index >= 15 is 0 Å². The van der Waals surface area contributed by atoms with Crippen LogP contribution in [0.3, 0.4) is 0 Å². The number of nitro groups is 1. The molecule has 0 bridgehead atoms. The lowest BCUT2D eigenvalue weighted by molar-refractivity contribution is -0.385. The number of hydrogen-bond donors (Lipinski definition) is 1. The van der Waals surface area contributed by atoms with Gasteiger partial charge < -0.3 is 5.11 Å². The van der Waals surface area contributed by atoms with Gasteiger partial charge in [-0.15, -0.1) is 0 Å². The minimum Gasteiger partial charge on any atom is -0.480 e. The molecule has 1 rings (SSSR count). The molecule has 9 heteroatoms. The summed E-state index contributed by atoms with van der Waals surface area (Å²) in [5, 5.41) is 17.5. The van der Waals surface area contributed by atoms with Crippen molar-refractivity contribution in [2.45, 2.75) is 17.9 Å². The van der Waals surface area contributed by atoms with E-state index in [1.165, 1.54) is 0 Å². The van der Waals surface area contributed by atoms with Crippen molar-refractivity contribution in [3.8, 4) is 0 Å². The highest BCUT2D eigenvalue weighted by Crippen LogP contribution is 2.19. The molecule has 1 unspecified atom stereocenters. The fraction of sp³-hybridized carbons (Fsp3) is 0.300. The van der Waals surface area contributed by atoms with Gasteiger partial charge in [-0.2, -0.15) is 0 Å². The summed E-state index contributed by atoms with van der Waals surface area (Å²) in [5.41, 5.74) is -0.757. The maximum Gasteiger partial charge on any atom is 0.321 e. The molecule has 0 saturated carbocycles. The Kier molecular flexibility index (Phi) is 4.20. The van der Waals surface area contributed by atoms with Gasteiger partial charge in [-0.05, 0) is 18.6 Å². The van der Waals surface area contributed by atoms with Crippen molar-refractivity contribution in [3.63, 3.8) is 0 Å². The summed E-state index contributed by atoms with van der Waals surface area (Å²) in [5.74, 6) is -3.27. The molecule has 0 heterocycles. The van der Waals surface area contributed by atoms with E-state index in [1.807, 2.05) is 0 Å². The molecular formula is C10H10FNO6S. The number of sulfone groups is 1. The van der Waals surface area contributed by atoms with Crippen molar-refractivity contribution in [3.05, 3.63) is 39.7 Å². The van der Waals surface area contributed by atoms with Crippen LogP contribution in [-0.2, 0) is 20.4 Å². The van der Waals surface area contributed by atoms with Gasteiger partial charge >= 0.3 is 5.97 Å². The van der Waals surface area contributed by atoms with Gasteiger partial charge in [-0.1, -0.05) is 0 Å². The van der Waals surface area contributed by atoms with Crippen molar-refractivity contribution in [1.82, 2.24) is 0 Å². The van der Waals surface area contributed by atoms with E-state index < -0.39 is 43.2 Å². The number of rotatable bonds is 5. The fourth-order valence-electron chi connectivity index (χ4n) is 1.33. The minimum absolute atomic E-state index is 0.167. The predicted octanol–water partition coefficient (Wildman–Crippen LogP) is 1.12. The zero-order valence-corrected chi connectivity index (χ0v) is 10.6. The topological polar surface area (TPSA) is 115 Å². The SMILES string of the molecule is CC(C(=O)O)S(=O)(=O)Cc1cc(F)cc([N+](=O)[O-])c1. The van der Waals surface area contributed by atoms with E-state index in [9.17, 15) is 27.7 Å². The van der Waals surface area contributed by atoms with Gasteiger partial charge in [0.15, 0.2) is 15.1 Å². The van der Waals surface area contributed by atoms with Gasteiger partial charge in [0, 0.05) is 6.07 Å². The molecule has 0 aliphatic rings. The van der Waals surface area contributed by atoms with Crippen LogP contribution >= 0.6 is 0 Å². The first-order valence-electron chi connectivity index (χ1n) is 5.01. The molecule has 0 spiro atoms. The maximum atomic E-state index is 13.1. The lowest BCUT2D eigenvalue weighted by Crippen LogP contribution is -2.28. The number of carboxylic acid groups (broad SMARTS) is 1. The third-order valence-corrected chi connectivity index (χ3v) is 4.42. The third kappa shape index (κ3) is 3.71. The minimum atomic E-state index is -4.06. The lowest BCUT2D eigenvalue weighted by Gasteiger charge is -2.08. The Morgan fingerprint density at radius 3 is 2.53 bits per heavy atom. The molecule has 0 aromatic heterocycles. The predicted molar refractivity (Wildman–Crippen MR) is 62.8 cm³/mol. The normalized spacial score (nSPS) is 12.9. The number of carboxylic acids is 1. The molecule has 19 heavy (non-hydrogen) atoms. The molecule has 104 valence electrons. The molecule has 0 aliphatic heterocycles. The Morgan fingerprint density at radius 1 is 1.47 bits per heavy atom. The van der Waals surface area contributed by atoms with E-state index in [2.05, 4.69) is 0 Å². The monoisotopic (exact) mass is 291 g/mol. The molecule has 0 radical (unpaired) electrons. The van der Waals surface area contributed by atoms with Crippen LogP contribution in [-0.4, -0.2) is 29.7 Å². The van der Waals surface area contributed by atoms with Crippen LogP contribution in [0.2, 0.25) is 0 Å². The van der Waals surface area contributed by atoms with Crippen LogP contribution in [0.1, 0.15) is 12.5 Å². The summed E-state index contributed by atoms with van der Waals surface area (Å²) in [4.78, 5) is 20.3. The number of benzene rings is 1. The van der Waals surface area contributed by atoms with Crippen molar-refractivity contribution in [2.75, 3.05) is 0 Å². The van der Waals surface area contributed by atoms with Crippen LogP contribution in [0.15, 0.2) is 18.2 Å². The largest absolute Gasteiger partial charge is 0.480 e. The molecule has 0 fully saturated rings. The zero-order valence-electron chi connectivity index (χ0n) is 9.74. The Hall–Kier alpha value is -2.03. The summed E-state index contributed by atoms with van der Waals surface area (Å²) in [7, 11) is -4.06. The first kappa shape index (κ1) is 15.0. The summed E-state index contributed by atoms with van der Waals surface area (Å²) in [6.07, 6.45) is 0. The zero-order chi connectivity index (χ0) is 14.8. The maximum absolute atomic E-state index is 13.1. The number of carbonyl (C=O) groups is 1. The van der Waals surface area contributed by atoms with Gasteiger partial charge in [0.2, 0.25) is 0 Å². The number of nitrogens with zero attached hydrogens (tertiary/aromatic N) is 1. The van der Waals surface area contributed by atoms with E-state index in [4.69, 9.17) is 5.11 Å². The number of non-ortho nitro benzene ring substituents is 1. The van der Waals surface area contributed by atoms with E-state index in [1.54, 1.807) is 0 Å². The molecule has 1 aromatic carbocycles.